The topological polar surface area (TPSA) is 23.5 Å². The number of likely N-dealkylation sites (tertiary alicyclic amines) is 1. The first kappa shape index (κ1) is 23.6. The zero-order valence-electron chi connectivity index (χ0n) is 18.3. The second-order valence-electron chi connectivity index (χ2n) is 9.53. The van der Waals surface area contributed by atoms with Gasteiger partial charge in [0.1, 0.15) is 0 Å². The van der Waals surface area contributed by atoms with Gasteiger partial charge in [-0.3, -0.25) is 0 Å². The van der Waals surface area contributed by atoms with Crippen molar-refractivity contribution in [3.8, 4) is 0 Å². The number of hydrogen-bond donors (Lipinski definition) is 1. The summed E-state index contributed by atoms with van der Waals surface area (Å²) >= 11 is 6.06. The van der Waals surface area contributed by atoms with Crippen LogP contribution in [0.25, 0.3) is 0 Å². The zero-order chi connectivity index (χ0) is 22.8. The maximum absolute atomic E-state index is 12.8. The third kappa shape index (κ3) is 5.32. The van der Waals surface area contributed by atoms with Crippen LogP contribution in [-0.4, -0.2) is 35.7 Å². The summed E-state index contributed by atoms with van der Waals surface area (Å²) in [6, 6.07) is 13.5. The van der Waals surface area contributed by atoms with Crippen molar-refractivity contribution in [2.75, 3.05) is 19.6 Å². The molecule has 2 aromatic rings. The van der Waals surface area contributed by atoms with E-state index in [1.165, 1.54) is 17.7 Å². The third-order valence-electron chi connectivity index (χ3n) is 7.46. The highest BCUT2D eigenvalue weighted by Crippen LogP contribution is 2.47. The summed E-state index contributed by atoms with van der Waals surface area (Å²) < 4.78 is 38.3. The van der Waals surface area contributed by atoms with Gasteiger partial charge < -0.3 is 10.0 Å². The molecule has 2 atom stereocenters. The Bertz CT molecular complexity index is 877. The Kier molecular flexibility index (Phi) is 7.18. The third-order valence-corrected chi connectivity index (χ3v) is 7.71. The Morgan fingerprint density at radius 2 is 1.72 bits per heavy atom. The van der Waals surface area contributed by atoms with Crippen LogP contribution >= 0.6 is 11.6 Å². The number of piperidine rings is 1. The minimum Gasteiger partial charge on any atom is -0.391 e. The predicted octanol–water partition coefficient (Wildman–Crippen LogP) is 6.49. The number of aliphatic hydroxyl groups excluding tert-OH is 1. The van der Waals surface area contributed by atoms with Gasteiger partial charge in [0, 0.05) is 23.5 Å². The first-order chi connectivity index (χ1) is 15.3. The summed E-state index contributed by atoms with van der Waals surface area (Å²) in [5.41, 5.74) is 1.37. The van der Waals surface area contributed by atoms with Crippen molar-refractivity contribution in [1.29, 1.82) is 0 Å². The molecule has 1 saturated heterocycles. The molecule has 0 amide bonds. The van der Waals surface area contributed by atoms with Gasteiger partial charge in [-0.2, -0.15) is 13.2 Å². The molecule has 0 aromatic heterocycles. The molecular formula is C26H31ClF3NO. The van der Waals surface area contributed by atoms with E-state index < -0.39 is 17.8 Å². The van der Waals surface area contributed by atoms with E-state index in [9.17, 15) is 18.3 Å². The van der Waals surface area contributed by atoms with Crippen LogP contribution in [0.2, 0.25) is 5.02 Å². The van der Waals surface area contributed by atoms with Crippen molar-refractivity contribution >= 4 is 11.6 Å². The van der Waals surface area contributed by atoms with E-state index in [1.807, 2.05) is 24.3 Å². The molecule has 2 aliphatic rings. The van der Waals surface area contributed by atoms with E-state index in [-0.39, 0.29) is 5.41 Å². The number of nitrogens with zero attached hydrogens (tertiary/aromatic N) is 1. The highest BCUT2D eigenvalue weighted by Gasteiger charge is 2.45. The molecule has 174 valence electrons. The van der Waals surface area contributed by atoms with Crippen molar-refractivity contribution in [2.24, 2.45) is 5.92 Å². The second kappa shape index (κ2) is 9.74. The average Bonchev–Trinajstić information content (AvgIpc) is 2.73. The first-order valence-corrected chi connectivity index (χ1v) is 12.0. The molecule has 2 fully saturated rings. The molecule has 1 heterocycles. The fourth-order valence-corrected chi connectivity index (χ4v) is 5.48. The quantitative estimate of drug-likeness (QED) is 0.505. The molecule has 6 heteroatoms. The molecule has 4 rings (SSSR count). The van der Waals surface area contributed by atoms with Crippen molar-refractivity contribution in [3.05, 3.63) is 70.2 Å². The standard InChI is InChI=1S/C26H31ClF3NO/c27-23-12-10-21(11-13-23)25(14-2-15-25)24(32)18-31-16-1-3-20(17-31)5-4-19-6-8-22(9-7-19)26(28,29)30/h6-13,20,24,32H,1-5,14-18H2/t20-,24-/m0/s1. The number of hydrogen-bond acceptors (Lipinski definition) is 2. The summed E-state index contributed by atoms with van der Waals surface area (Å²) in [4.78, 5) is 2.38. The summed E-state index contributed by atoms with van der Waals surface area (Å²) in [6.07, 6.45) is 2.41. The van der Waals surface area contributed by atoms with E-state index >= 15 is 0 Å². The average molecular weight is 466 g/mol. The summed E-state index contributed by atoms with van der Waals surface area (Å²) in [6.45, 7) is 2.60. The first-order valence-electron chi connectivity index (χ1n) is 11.6. The van der Waals surface area contributed by atoms with Gasteiger partial charge in [-0.05, 0) is 86.4 Å². The molecule has 0 bridgehead atoms. The largest absolute Gasteiger partial charge is 0.416 e. The molecule has 2 nitrogen and oxygen atoms in total. The van der Waals surface area contributed by atoms with Gasteiger partial charge in [-0.1, -0.05) is 42.3 Å². The summed E-state index contributed by atoms with van der Waals surface area (Å²) in [5, 5.41) is 11.9. The molecule has 1 aliphatic carbocycles. The van der Waals surface area contributed by atoms with Crippen LogP contribution in [0.4, 0.5) is 13.2 Å². The Morgan fingerprint density at radius 1 is 1.03 bits per heavy atom. The highest BCUT2D eigenvalue weighted by molar-refractivity contribution is 6.30. The van der Waals surface area contributed by atoms with Crippen molar-refractivity contribution in [1.82, 2.24) is 4.90 Å². The monoisotopic (exact) mass is 465 g/mol. The molecular weight excluding hydrogens is 435 g/mol. The number of aliphatic hydroxyl groups is 1. The van der Waals surface area contributed by atoms with Crippen molar-refractivity contribution in [3.63, 3.8) is 0 Å². The number of β-amino-alcohol motifs (C(OH)–C–C–N with tert-alkyl or cyclic N) is 1. The van der Waals surface area contributed by atoms with E-state index in [0.717, 1.165) is 63.6 Å². The van der Waals surface area contributed by atoms with Gasteiger partial charge >= 0.3 is 6.18 Å². The Hall–Kier alpha value is -1.56. The maximum Gasteiger partial charge on any atom is 0.416 e. The number of alkyl halides is 3. The van der Waals surface area contributed by atoms with Gasteiger partial charge in [0.25, 0.3) is 0 Å². The van der Waals surface area contributed by atoms with Crippen LogP contribution in [0.3, 0.4) is 0 Å². The lowest BCUT2D eigenvalue weighted by atomic mass is 9.61. The molecule has 0 spiro atoms. The molecule has 1 saturated carbocycles. The van der Waals surface area contributed by atoms with E-state index in [4.69, 9.17) is 11.6 Å². The molecule has 1 N–H and O–H groups in total. The normalized spacial score (nSPS) is 22.3. The van der Waals surface area contributed by atoms with E-state index in [1.54, 1.807) is 12.1 Å². The van der Waals surface area contributed by atoms with Crippen LogP contribution in [0.1, 0.15) is 55.2 Å². The fraction of sp³-hybridized carbons (Fsp3) is 0.538. The molecule has 2 aromatic carbocycles. The fourth-order valence-electron chi connectivity index (χ4n) is 5.36. The van der Waals surface area contributed by atoms with Gasteiger partial charge in [0.15, 0.2) is 0 Å². The minimum atomic E-state index is -4.28. The van der Waals surface area contributed by atoms with E-state index in [2.05, 4.69) is 4.90 Å². The lowest BCUT2D eigenvalue weighted by Gasteiger charge is -2.48. The zero-order valence-corrected chi connectivity index (χ0v) is 19.0. The minimum absolute atomic E-state index is 0.169. The van der Waals surface area contributed by atoms with Crippen LogP contribution in [0, 0.1) is 5.92 Å². The lowest BCUT2D eigenvalue weighted by molar-refractivity contribution is -0.137. The highest BCUT2D eigenvalue weighted by atomic mass is 35.5. The van der Waals surface area contributed by atoms with Crippen LogP contribution in [0.5, 0.6) is 0 Å². The van der Waals surface area contributed by atoms with Crippen molar-refractivity contribution < 1.29 is 18.3 Å². The Morgan fingerprint density at radius 3 is 2.31 bits per heavy atom. The van der Waals surface area contributed by atoms with Crippen LogP contribution in [-0.2, 0) is 18.0 Å². The molecule has 0 unspecified atom stereocenters. The number of halogens is 4. The number of aryl methyl sites for hydroxylation is 1. The van der Waals surface area contributed by atoms with Crippen LogP contribution < -0.4 is 0 Å². The van der Waals surface area contributed by atoms with E-state index in [0.29, 0.717) is 17.5 Å². The number of benzene rings is 2. The summed E-state index contributed by atoms with van der Waals surface area (Å²) in [7, 11) is 0. The molecule has 1 aliphatic heterocycles. The van der Waals surface area contributed by atoms with Crippen molar-refractivity contribution in [2.45, 2.75) is 62.6 Å². The molecule has 32 heavy (non-hydrogen) atoms. The predicted molar refractivity (Wildman–Crippen MR) is 122 cm³/mol. The summed E-state index contributed by atoms with van der Waals surface area (Å²) in [5.74, 6) is 0.506. The van der Waals surface area contributed by atoms with Gasteiger partial charge in [-0.25, -0.2) is 0 Å². The maximum atomic E-state index is 12.8. The smallest absolute Gasteiger partial charge is 0.391 e. The lowest BCUT2D eigenvalue weighted by Crippen LogP contribution is -2.52. The molecule has 0 radical (unpaired) electrons. The Balaban J connectivity index is 1.31. The van der Waals surface area contributed by atoms with Gasteiger partial charge in [-0.15, -0.1) is 0 Å². The second-order valence-corrected chi connectivity index (χ2v) is 9.97. The number of rotatable bonds is 7. The Labute approximate surface area is 193 Å². The van der Waals surface area contributed by atoms with Crippen LogP contribution in [0.15, 0.2) is 48.5 Å². The van der Waals surface area contributed by atoms with Gasteiger partial charge in [0.05, 0.1) is 11.7 Å². The SMILES string of the molecule is O[C@@H](CN1CCC[C@@H](CCc2ccc(C(F)(F)F)cc2)C1)C1(c2ccc(Cl)cc2)CCC1. The van der Waals surface area contributed by atoms with Gasteiger partial charge in [0.2, 0.25) is 0 Å².